The third-order valence-corrected chi connectivity index (χ3v) is 14.1. The van der Waals surface area contributed by atoms with E-state index in [0.717, 1.165) is 51.4 Å². The third-order valence-electron chi connectivity index (χ3n) is 14.1. The number of allylic oxidation sites excluding steroid dienone is 2. The zero-order chi connectivity index (χ0) is 48.1. The summed E-state index contributed by atoms with van der Waals surface area (Å²) < 4.78 is 5.96. The van der Waals surface area contributed by atoms with Crippen molar-refractivity contribution in [1.82, 2.24) is 5.32 Å². The Hall–Kier alpha value is -1.40. The predicted octanol–water partition coefficient (Wildman–Crippen LogP) is 18.5. The van der Waals surface area contributed by atoms with Crippen LogP contribution in [0.1, 0.15) is 335 Å². The van der Waals surface area contributed by atoms with Gasteiger partial charge in [0, 0.05) is 6.42 Å². The molecule has 0 rings (SSSR count). The van der Waals surface area contributed by atoms with Crippen LogP contribution >= 0.6 is 0 Å². The van der Waals surface area contributed by atoms with Crippen LogP contribution in [-0.4, -0.2) is 46.9 Å². The Morgan fingerprint density at radius 2 is 0.727 bits per heavy atom. The molecule has 0 bridgehead atoms. The van der Waals surface area contributed by atoms with Gasteiger partial charge >= 0.3 is 5.97 Å². The summed E-state index contributed by atoms with van der Waals surface area (Å²) in [7, 11) is 0. The average Bonchev–Trinajstić information content (AvgIpc) is 3.31. The molecule has 0 aliphatic rings. The van der Waals surface area contributed by atoms with E-state index in [0.29, 0.717) is 19.3 Å². The minimum absolute atomic E-state index is 0.0821. The van der Waals surface area contributed by atoms with Gasteiger partial charge in [-0.15, -0.1) is 0 Å². The molecule has 3 N–H and O–H groups in total. The predicted molar refractivity (Wildman–Crippen MR) is 287 cm³/mol. The first kappa shape index (κ1) is 64.6. The number of esters is 1. The number of unbranched alkanes of at least 4 members (excludes halogenated alkanes) is 41. The smallest absolute Gasteiger partial charge is 0.306 e. The second-order valence-electron chi connectivity index (χ2n) is 20.8. The summed E-state index contributed by atoms with van der Waals surface area (Å²) in [4.78, 5) is 26.3. The highest BCUT2D eigenvalue weighted by Gasteiger charge is 2.24. The number of carbonyl (C=O) groups is 2. The number of hydrogen-bond acceptors (Lipinski definition) is 5. The van der Waals surface area contributed by atoms with Crippen LogP contribution in [0.25, 0.3) is 0 Å². The van der Waals surface area contributed by atoms with Crippen molar-refractivity contribution in [2.75, 3.05) is 6.61 Å². The molecular formula is C60H117NO5. The number of carbonyl (C=O) groups excluding carboxylic acids is 2. The lowest BCUT2D eigenvalue weighted by molar-refractivity contribution is -0.151. The molecule has 6 heteroatoms. The first-order valence-electron chi connectivity index (χ1n) is 29.9. The molecule has 0 aromatic carbocycles. The van der Waals surface area contributed by atoms with E-state index in [-0.39, 0.29) is 24.9 Å². The van der Waals surface area contributed by atoms with E-state index in [9.17, 15) is 19.8 Å². The van der Waals surface area contributed by atoms with Crippen molar-refractivity contribution in [3.05, 3.63) is 12.2 Å². The molecule has 0 aromatic rings. The van der Waals surface area contributed by atoms with E-state index in [1.54, 1.807) is 0 Å². The van der Waals surface area contributed by atoms with Gasteiger partial charge in [-0.3, -0.25) is 9.59 Å². The first-order chi connectivity index (χ1) is 32.5. The summed E-state index contributed by atoms with van der Waals surface area (Å²) in [5.41, 5.74) is 0. The highest BCUT2D eigenvalue weighted by molar-refractivity contribution is 5.77. The van der Waals surface area contributed by atoms with Gasteiger partial charge in [-0.25, -0.2) is 0 Å². The lowest BCUT2D eigenvalue weighted by atomic mass is 10.0. The fraction of sp³-hybridized carbons (Fsp3) is 0.933. The molecule has 392 valence electrons. The third kappa shape index (κ3) is 49.0. The number of aliphatic hydroxyl groups is 2. The highest BCUT2D eigenvalue weighted by Crippen LogP contribution is 2.19. The van der Waals surface area contributed by atoms with Crippen LogP contribution in [0.5, 0.6) is 0 Å². The van der Waals surface area contributed by atoms with Crippen LogP contribution in [-0.2, 0) is 14.3 Å². The Morgan fingerprint density at radius 3 is 1.08 bits per heavy atom. The molecular weight excluding hydrogens is 815 g/mol. The maximum atomic E-state index is 13.3. The minimum atomic E-state index is -0.784. The summed E-state index contributed by atoms with van der Waals surface area (Å²) >= 11 is 0. The Bertz CT molecular complexity index is 1000. The molecule has 0 heterocycles. The molecule has 1 amide bonds. The van der Waals surface area contributed by atoms with Crippen molar-refractivity contribution in [1.29, 1.82) is 0 Å². The molecule has 0 radical (unpaired) electrons. The van der Waals surface area contributed by atoms with Crippen molar-refractivity contribution in [3.8, 4) is 0 Å². The van der Waals surface area contributed by atoms with Gasteiger partial charge < -0.3 is 20.3 Å². The standard InChI is InChI=1S/C60H117NO5/c1-4-7-10-13-16-19-22-25-27-29-31-33-35-38-41-44-47-50-53-60(65)66-56(51-48-45-42-39-36-24-21-18-15-12-9-6-3)54-59(64)61-57(55-62)58(63)52-49-46-43-40-37-34-32-30-28-26-23-20-17-14-11-8-5-2/h31,33,56-58,62-63H,4-30,32,34-55H2,1-3H3,(H,61,64)/b33-31+. The summed E-state index contributed by atoms with van der Waals surface area (Å²) in [5.74, 6) is -0.460. The van der Waals surface area contributed by atoms with Gasteiger partial charge in [-0.05, 0) is 51.4 Å². The van der Waals surface area contributed by atoms with Gasteiger partial charge in [0.2, 0.25) is 5.91 Å². The van der Waals surface area contributed by atoms with Crippen LogP contribution in [0.2, 0.25) is 0 Å². The number of rotatable bonds is 55. The van der Waals surface area contributed by atoms with Crippen molar-refractivity contribution in [2.45, 2.75) is 354 Å². The fourth-order valence-corrected chi connectivity index (χ4v) is 9.55. The van der Waals surface area contributed by atoms with Crippen LogP contribution < -0.4 is 5.32 Å². The molecule has 3 atom stereocenters. The van der Waals surface area contributed by atoms with Crippen molar-refractivity contribution in [3.63, 3.8) is 0 Å². The SMILES string of the molecule is CCCCCCCCCCC/C=C/CCCCCCCC(=O)OC(CCCCCCCCCCCCCC)CC(=O)NC(CO)C(O)CCCCCCCCCCCCCCCCCCC. The summed E-state index contributed by atoms with van der Waals surface area (Å²) in [5, 5.41) is 23.9. The Labute approximate surface area is 412 Å². The first-order valence-corrected chi connectivity index (χ1v) is 29.9. The summed E-state index contributed by atoms with van der Waals surface area (Å²) in [6.45, 7) is 6.53. The average molecular weight is 933 g/mol. The molecule has 0 fully saturated rings. The highest BCUT2D eigenvalue weighted by atomic mass is 16.5. The largest absolute Gasteiger partial charge is 0.462 e. The van der Waals surface area contributed by atoms with Gasteiger partial charge in [-0.1, -0.05) is 283 Å². The molecule has 0 aliphatic carbocycles. The molecule has 3 unspecified atom stereocenters. The van der Waals surface area contributed by atoms with Gasteiger partial charge in [0.25, 0.3) is 0 Å². The van der Waals surface area contributed by atoms with Gasteiger partial charge in [-0.2, -0.15) is 0 Å². The second kappa shape index (κ2) is 54.5. The topological polar surface area (TPSA) is 95.9 Å². The zero-order valence-corrected chi connectivity index (χ0v) is 44.9. The second-order valence-corrected chi connectivity index (χ2v) is 20.8. The van der Waals surface area contributed by atoms with E-state index < -0.39 is 18.2 Å². The monoisotopic (exact) mass is 932 g/mol. The quantitative estimate of drug-likeness (QED) is 0.0321. The molecule has 0 aromatic heterocycles. The van der Waals surface area contributed by atoms with Crippen LogP contribution in [0, 0.1) is 0 Å². The Balaban J connectivity index is 4.44. The molecule has 6 nitrogen and oxygen atoms in total. The van der Waals surface area contributed by atoms with Crippen LogP contribution in [0.4, 0.5) is 0 Å². The van der Waals surface area contributed by atoms with Crippen molar-refractivity contribution >= 4 is 11.9 Å². The van der Waals surface area contributed by atoms with E-state index in [4.69, 9.17) is 4.74 Å². The molecule has 0 saturated heterocycles. The van der Waals surface area contributed by atoms with Gasteiger partial charge in [0.05, 0.1) is 25.2 Å². The molecule has 0 aliphatic heterocycles. The van der Waals surface area contributed by atoms with Crippen molar-refractivity contribution < 1.29 is 24.5 Å². The number of amides is 1. The number of nitrogens with one attached hydrogen (secondary N) is 1. The summed E-state index contributed by atoms with van der Waals surface area (Å²) in [6.07, 6.45) is 62.8. The van der Waals surface area contributed by atoms with Crippen LogP contribution in [0.3, 0.4) is 0 Å². The Kier molecular flexibility index (Phi) is 53.4. The molecule has 66 heavy (non-hydrogen) atoms. The number of aliphatic hydroxyl groups excluding tert-OH is 2. The van der Waals surface area contributed by atoms with E-state index >= 15 is 0 Å². The lowest BCUT2D eigenvalue weighted by Gasteiger charge is -2.24. The number of ether oxygens (including phenoxy) is 1. The van der Waals surface area contributed by atoms with Gasteiger partial charge in [0.1, 0.15) is 6.10 Å². The fourth-order valence-electron chi connectivity index (χ4n) is 9.55. The van der Waals surface area contributed by atoms with E-state index in [1.165, 1.54) is 238 Å². The normalized spacial score (nSPS) is 13.1. The zero-order valence-electron chi connectivity index (χ0n) is 44.9. The number of hydrogen-bond donors (Lipinski definition) is 3. The van der Waals surface area contributed by atoms with Crippen molar-refractivity contribution in [2.24, 2.45) is 0 Å². The maximum Gasteiger partial charge on any atom is 0.306 e. The minimum Gasteiger partial charge on any atom is -0.462 e. The van der Waals surface area contributed by atoms with Gasteiger partial charge in [0.15, 0.2) is 0 Å². The summed E-state index contributed by atoms with van der Waals surface area (Å²) in [6, 6.07) is -0.697. The van der Waals surface area contributed by atoms with E-state index in [1.807, 2.05) is 0 Å². The lowest BCUT2D eigenvalue weighted by Crippen LogP contribution is -2.46. The molecule has 0 spiro atoms. The van der Waals surface area contributed by atoms with Crippen LogP contribution in [0.15, 0.2) is 12.2 Å². The Morgan fingerprint density at radius 1 is 0.424 bits per heavy atom. The van der Waals surface area contributed by atoms with E-state index in [2.05, 4.69) is 38.2 Å². The molecule has 0 saturated carbocycles. The maximum absolute atomic E-state index is 13.3.